The van der Waals surface area contributed by atoms with Gasteiger partial charge in [0, 0.05) is 18.1 Å². The van der Waals surface area contributed by atoms with Crippen LogP contribution in [0.1, 0.15) is 25.8 Å². The van der Waals surface area contributed by atoms with Gasteiger partial charge in [0.05, 0.1) is 11.9 Å². The fourth-order valence-corrected chi connectivity index (χ4v) is 4.26. The monoisotopic (exact) mass is 465 g/mol. The van der Waals surface area contributed by atoms with Crippen molar-refractivity contribution in [3.8, 4) is 0 Å². The molecule has 0 aliphatic heterocycles. The minimum Gasteiger partial charge on any atom is -0.355 e. The number of sulfonamides is 1. The largest absolute Gasteiger partial charge is 0.355 e. The molecule has 0 spiro atoms. The third kappa shape index (κ3) is 6.97. The summed E-state index contributed by atoms with van der Waals surface area (Å²) in [6.07, 6.45) is 1.42. The molecule has 9 heteroatoms. The zero-order valence-electron chi connectivity index (χ0n) is 17.9. The van der Waals surface area contributed by atoms with Gasteiger partial charge >= 0.3 is 0 Å². The Hall–Kier alpha value is -2.58. The summed E-state index contributed by atoms with van der Waals surface area (Å²) in [7, 11) is -3.77. The summed E-state index contributed by atoms with van der Waals surface area (Å²) in [6.45, 7) is 3.79. The SMILES string of the molecule is CCNC(=O)[C@H](CC)N(Cc1ccccc1)C(=O)CN(c1cccc(Cl)c1)S(C)(=O)=O. The first-order valence-corrected chi connectivity index (χ1v) is 12.2. The maximum Gasteiger partial charge on any atom is 0.244 e. The van der Waals surface area contributed by atoms with E-state index in [2.05, 4.69) is 5.32 Å². The van der Waals surface area contributed by atoms with Crippen molar-refractivity contribution in [1.29, 1.82) is 0 Å². The quantitative estimate of drug-likeness (QED) is 0.584. The summed E-state index contributed by atoms with van der Waals surface area (Å²) >= 11 is 6.02. The van der Waals surface area contributed by atoms with E-state index in [1.165, 1.54) is 11.0 Å². The van der Waals surface area contributed by atoms with Gasteiger partial charge in [-0.2, -0.15) is 0 Å². The molecule has 2 amide bonds. The molecule has 0 unspecified atom stereocenters. The molecule has 7 nitrogen and oxygen atoms in total. The molecule has 2 aromatic rings. The number of hydrogen-bond acceptors (Lipinski definition) is 4. The molecule has 0 saturated carbocycles. The second kappa shape index (κ2) is 11.2. The van der Waals surface area contributed by atoms with Crippen LogP contribution in [0.5, 0.6) is 0 Å². The number of amides is 2. The second-order valence-electron chi connectivity index (χ2n) is 7.08. The number of halogens is 1. The van der Waals surface area contributed by atoms with Crippen LogP contribution in [-0.4, -0.2) is 50.5 Å². The summed E-state index contributed by atoms with van der Waals surface area (Å²) < 4.78 is 25.9. The fraction of sp³-hybridized carbons (Fsp3) is 0.364. The van der Waals surface area contributed by atoms with Crippen LogP contribution in [0.25, 0.3) is 0 Å². The van der Waals surface area contributed by atoms with Crippen LogP contribution in [0.3, 0.4) is 0 Å². The summed E-state index contributed by atoms with van der Waals surface area (Å²) in [5, 5.41) is 3.11. The van der Waals surface area contributed by atoms with Crippen molar-refractivity contribution in [2.24, 2.45) is 0 Å². The Balaban J connectivity index is 2.40. The lowest BCUT2D eigenvalue weighted by molar-refractivity contribution is -0.140. The zero-order chi connectivity index (χ0) is 23.0. The molecule has 0 heterocycles. The van der Waals surface area contributed by atoms with Gasteiger partial charge in [-0.1, -0.05) is 54.9 Å². The number of likely N-dealkylation sites (N-methyl/N-ethyl adjacent to an activating group) is 1. The van der Waals surface area contributed by atoms with E-state index >= 15 is 0 Å². The smallest absolute Gasteiger partial charge is 0.244 e. The molecule has 31 heavy (non-hydrogen) atoms. The average molecular weight is 466 g/mol. The Morgan fingerprint density at radius 3 is 2.29 bits per heavy atom. The summed E-state index contributed by atoms with van der Waals surface area (Å²) in [6, 6.07) is 14.8. The fourth-order valence-electron chi connectivity index (χ4n) is 3.24. The Bertz CT molecular complexity index is 999. The normalized spacial score (nSPS) is 12.1. The van der Waals surface area contributed by atoms with E-state index in [4.69, 9.17) is 11.6 Å². The second-order valence-corrected chi connectivity index (χ2v) is 9.42. The Kier molecular flexibility index (Phi) is 8.88. The molecule has 0 aliphatic carbocycles. The number of anilines is 1. The molecular formula is C22H28ClN3O4S. The zero-order valence-corrected chi connectivity index (χ0v) is 19.5. The highest BCUT2D eigenvalue weighted by atomic mass is 35.5. The first-order valence-electron chi connectivity index (χ1n) is 10.0. The average Bonchev–Trinajstić information content (AvgIpc) is 2.71. The summed E-state index contributed by atoms with van der Waals surface area (Å²) in [4.78, 5) is 27.5. The van der Waals surface area contributed by atoms with Gasteiger partial charge in [0.25, 0.3) is 0 Å². The van der Waals surface area contributed by atoms with Crippen molar-refractivity contribution in [2.75, 3.05) is 23.7 Å². The number of hydrogen-bond donors (Lipinski definition) is 1. The van der Waals surface area contributed by atoms with E-state index in [1.54, 1.807) is 25.1 Å². The molecule has 2 aromatic carbocycles. The molecular weight excluding hydrogens is 438 g/mol. The third-order valence-electron chi connectivity index (χ3n) is 4.71. The standard InChI is InChI=1S/C22H28ClN3O4S/c1-4-20(22(28)24-5-2)25(15-17-10-7-6-8-11-17)21(27)16-26(31(3,29)30)19-13-9-12-18(23)14-19/h6-14,20H,4-5,15-16H2,1-3H3,(H,24,28)/t20-/m0/s1. The molecule has 0 aromatic heterocycles. The number of benzene rings is 2. The first kappa shape index (κ1) is 24.7. The molecule has 0 aliphatic rings. The Morgan fingerprint density at radius 1 is 1.06 bits per heavy atom. The minimum absolute atomic E-state index is 0.183. The van der Waals surface area contributed by atoms with E-state index in [9.17, 15) is 18.0 Å². The first-order chi connectivity index (χ1) is 14.7. The van der Waals surface area contributed by atoms with Crippen molar-refractivity contribution in [3.63, 3.8) is 0 Å². The maximum absolute atomic E-state index is 13.4. The lowest BCUT2D eigenvalue weighted by Crippen LogP contribution is -2.52. The van der Waals surface area contributed by atoms with Crippen LogP contribution >= 0.6 is 11.6 Å². The van der Waals surface area contributed by atoms with Crippen molar-refractivity contribution in [3.05, 3.63) is 65.2 Å². The Morgan fingerprint density at radius 2 is 1.74 bits per heavy atom. The van der Waals surface area contributed by atoms with Gasteiger partial charge in [-0.05, 0) is 37.1 Å². The van der Waals surface area contributed by atoms with Crippen LogP contribution in [0.15, 0.2) is 54.6 Å². The van der Waals surface area contributed by atoms with Crippen molar-refractivity contribution < 1.29 is 18.0 Å². The molecule has 2 rings (SSSR count). The highest BCUT2D eigenvalue weighted by molar-refractivity contribution is 7.92. The van der Waals surface area contributed by atoms with Gasteiger partial charge in [0.15, 0.2) is 0 Å². The van der Waals surface area contributed by atoms with E-state index in [1.807, 2.05) is 37.3 Å². The van der Waals surface area contributed by atoms with Crippen LogP contribution in [-0.2, 0) is 26.2 Å². The van der Waals surface area contributed by atoms with Crippen molar-refractivity contribution in [2.45, 2.75) is 32.9 Å². The predicted octanol–water partition coefficient (Wildman–Crippen LogP) is 3.05. The van der Waals surface area contributed by atoms with Gasteiger partial charge < -0.3 is 10.2 Å². The van der Waals surface area contributed by atoms with Crippen LogP contribution in [0.4, 0.5) is 5.69 Å². The number of carbonyl (C=O) groups is 2. The van der Waals surface area contributed by atoms with Gasteiger partial charge in [-0.15, -0.1) is 0 Å². The number of carbonyl (C=O) groups excluding carboxylic acids is 2. The Labute approximate surface area is 189 Å². The molecule has 0 radical (unpaired) electrons. The van der Waals surface area contributed by atoms with Crippen LogP contribution in [0.2, 0.25) is 5.02 Å². The lowest BCUT2D eigenvalue weighted by Gasteiger charge is -2.32. The summed E-state index contributed by atoms with van der Waals surface area (Å²) in [5.74, 6) is -0.754. The predicted molar refractivity (Wildman–Crippen MR) is 123 cm³/mol. The van der Waals surface area contributed by atoms with Gasteiger partial charge in [0.1, 0.15) is 12.6 Å². The molecule has 1 atom stereocenters. The topological polar surface area (TPSA) is 86.8 Å². The molecule has 1 N–H and O–H groups in total. The lowest BCUT2D eigenvalue weighted by atomic mass is 10.1. The number of nitrogens with one attached hydrogen (secondary N) is 1. The molecule has 0 bridgehead atoms. The van der Waals surface area contributed by atoms with Crippen LogP contribution < -0.4 is 9.62 Å². The van der Waals surface area contributed by atoms with Gasteiger partial charge in [-0.3, -0.25) is 13.9 Å². The highest BCUT2D eigenvalue weighted by Crippen LogP contribution is 2.23. The third-order valence-corrected chi connectivity index (χ3v) is 6.08. The summed E-state index contributed by atoms with van der Waals surface area (Å²) in [5.41, 5.74) is 1.13. The van der Waals surface area contributed by atoms with E-state index in [-0.39, 0.29) is 18.1 Å². The van der Waals surface area contributed by atoms with Crippen molar-refractivity contribution in [1.82, 2.24) is 10.2 Å². The van der Waals surface area contributed by atoms with Crippen molar-refractivity contribution >= 4 is 39.1 Å². The van der Waals surface area contributed by atoms with Gasteiger partial charge in [-0.25, -0.2) is 8.42 Å². The number of rotatable bonds is 10. The van der Waals surface area contributed by atoms with Crippen LogP contribution in [0, 0.1) is 0 Å². The molecule has 168 valence electrons. The molecule has 0 saturated heterocycles. The van der Waals surface area contributed by atoms with Gasteiger partial charge in [0.2, 0.25) is 21.8 Å². The van der Waals surface area contributed by atoms with E-state index in [0.29, 0.717) is 18.0 Å². The maximum atomic E-state index is 13.4. The highest BCUT2D eigenvalue weighted by Gasteiger charge is 2.31. The minimum atomic E-state index is -3.77. The van der Waals surface area contributed by atoms with E-state index < -0.39 is 28.5 Å². The van der Waals surface area contributed by atoms with E-state index in [0.717, 1.165) is 16.1 Å². The molecule has 0 fully saturated rings. The number of nitrogens with zero attached hydrogens (tertiary/aromatic N) is 2.